The lowest BCUT2D eigenvalue weighted by Gasteiger charge is -2.32. The molecule has 1 atom stereocenters. The van der Waals surface area contributed by atoms with Crippen molar-refractivity contribution in [1.29, 1.82) is 0 Å². The van der Waals surface area contributed by atoms with Gasteiger partial charge in [-0.3, -0.25) is 9.89 Å². The molecular weight excluding hydrogens is 453 g/mol. The number of rotatable bonds is 6. The van der Waals surface area contributed by atoms with Crippen LogP contribution in [0, 0.1) is 5.92 Å². The van der Waals surface area contributed by atoms with Crippen LogP contribution in [0.3, 0.4) is 0 Å². The fraction of sp³-hybridized carbons (Fsp3) is 0.950. The summed E-state index contributed by atoms with van der Waals surface area (Å²) in [6.45, 7) is 13.4. The largest absolute Gasteiger partial charge is 0.379 e. The van der Waals surface area contributed by atoms with Gasteiger partial charge in [-0.05, 0) is 57.7 Å². The van der Waals surface area contributed by atoms with Crippen LogP contribution in [0.1, 0.15) is 39.0 Å². The van der Waals surface area contributed by atoms with E-state index in [4.69, 9.17) is 4.74 Å². The third-order valence-electron chi connectivity index (χ3n) is 6.30. The van der Waals surface area contributed by atoms with Crippen LogP contribution in [0.5, 0.6) is 0 Å². The molecule has 158 valence electrons. The van der Waals surface area contributed by atoms with E-state index in [1.807, 2.05) is 7.05 Å². The molecule has 27 heavy (non-hydrogen) atoms. The molecule has 0 aromatic heterocycles. The van der Waals surface area contributed by atoms with Gasteiger partial charge in [0.2, 0.25) is 0 Å². The highest BCUT2D eigenvalue weighted by Crippen LogP contribution is 2.17. The summed E-state index contributed by atoms with van der Waals surface area (Å²) in [6.07, 6.45) is 6.52. The number of morpholine rings is 1. The standard InChI is InChI=1S/C20H39N5O.HI/c1-18-5-10-23(11-6-18)9-4-3-8-22-20(21-2)25-12-7-19(17-25)24-13-15-26-16-14-24;/h18-19H,3-17H2,1-2H3,(H,21,22);1H. The molecule has 1 N–H and O–H groups in total. The average molecular weight is 493 g/mol. The van der Waals surface area contributed by atoms with Crippen molar-refractivity contribution in [2.75, 3.05) is 72.6 Å². The fourth-order valence-corrected chi connectivity index (χ4v) is 4.45. The minimum Gasteiger partial charge on any atom is -0.379 e. The van der Waals surface area contributed by atoms with Gasteiger partial charge in [-0.2, -0.15) is 0 Å². The monoisotopic (exact) mass is 493 g/mol. The Balaban J connectivity index is 0.00000261. The SMILES string of the molecule is CN=C(NCCCCN1CCC(C)CC1)N1CCC(N2CCOCC2)C1.I. The van der Waals surface area contributed by atoms with Crippen LogP contribution in [0.4, 0.5) is 0 Å². The predicted octanol–water partition coefficient (Wildman–Crippen LogP) is 2.10. The van der Waals surface area contributed by atoms with Crippen LogP contribution in [0.2, 0.25) is 0 Å². The predicted molar refractivity (Wildman–Crippen MR) is 123 cm³/mol. The number of unbranched alkanes of at least 4 members (excludes halogenated alkanes) is 1. The van der Waals surface area contributed by atoms with Crippen molar-refractivity contribution in [3.8, 4) is 0 Å². The van der Waals surface area contributed by atoms with Gasteiger partial charge in [-0.1, -0.05) is 6.92 Å². The Kier molecular flexibility index (Phi) is 10.7. The van der Waals surface area contributed by atoms with E-state index < -0.39 is 0 Å². The number of hydrogen-bond acceptors (Lipinski definition) is 4. The highest BCUT2D eigenvalue weighted by Gasteiger charge is 2.30. The van der Waals surface area contributed by atoms with Crippen LogP contribution in [-0.2, 0) is 4.74 Å². The van der Waals surface area contributed by atoms with E-state index in [0.717, 1.165) is 57.8 Å². The first-order chi connectivity index (χ1) is 12.8. The molecule has 7 heteroatoms. The summed E-state index contributed by atoms with van der Waals surface area (Å²) < 4.78 is 5.48. The van der Waals surface area contributed by atoms with Crippen molar-refractivity contribution in [3.05, 3.63) is 0 Å². The minimum atomic E-state index is 0. The number of halogens is 1. The first-order valence-electron chi connectivity index (χ1n) is 10.8. The molecule has 1 unspecified atom stereocenters. The first-order valence-corrected chi connectivity index (χ1v) is 10.8. The molecule has 3 fully saturated rings. The Morgan fingerprint density at radius 1 is 1.04 bits per heavy atom. The Hall–Kier alpha value is -0.120. The molecule has 0 aliphatic carbocycles. The quantitative estimate of drug-likeness (QED) is 0.266. The summed E-state index contributed by atoms with van der Waals surface area (Å²) in [5, 5.41) is 3.59. The molecule has 0 aromatic carbocycles. The number of guanidine groups is 1. The second-order valence-electron chi connectivity index (χ2n) is 8.24. The van der Waals surface area contributed by atoms with Crippen molar-refractivity contribution in [2.24, 2.45) is 10.9 Å². The maximum atomic E-state index is 5.48. The molecule has 0 radical (unpaired) electrons. The smallest absolute Gasteiger partial charge is 0.193 e. The third kappa shape index (κ3) is 7.33. The van der Waals surface area contributed by atoms with Crippen molar-refractivity contribution in [3.63, 3.8) is 0 Å². The summed E-state index contributed by atoms with van der Waals surface area (Å²) in [4.78, 5) is 12.2. The lowest BCUT2D eigenvalue weighted by Crippen LogP contribution is -2.46. The second kappa shape index (κ2) is 12.4. The van der Waals surface area contributed by atoms with Gasteiger partial charge in [0, 0.05) is 45.8 Å². The number of nitrogens with zero attached hydrogens (tertiary/aromatic N) is 4. The summed E-state index contributed by atoms with van der Waals surface area (Å²) in [5.74, 6) is 2.02. The summed E-state index contributed by atoms with van der Waals surface area (Å²) in [7, 11) is 1.92. The van der Waals surface area contributed by atoms with Gasteiger partial charge in [0.05, 0.1) is 13.2 Å². The summed E-state index contributed by atoms with van der Waals surface area (Å²) in [5.41, 5.74) is 0. The van der Waals surface area contributed by atoms with E-state index in [2.05, 4.69) is 31.9 Å². The maximum Gasteiger partial charge on any atom is 0.193 e. The van der Waals surface area contributed by atoms with E-state index in [1.54, 1.807) is 0 Å². The van der Waals surface area contributed by atoms with Crippen molar-refractivity contribution in [2.45, 2.75) is 45.1 Å². The molecule has 0 bridgehead atoms. The van der Waals surface area contributed by atoms with E-state index >= 15 is 0 Å². The topological polar surface area (TPSA) is 43.3 Å². The molecule has 6 nitrogen and oxygen atoms in total. The lowest BCUT2D eigenvalue weighted by molar-refractivity contribution is 0.0195. The first kappa shape index (κ1) is 23.2. The van der Waals surface area contributed by atoms with Crippen molar-refractivity contribution >= 4 is 29.9 Å². The number of likely N-dealkylation sites (tertiary alicyclic amines) is 2. The fourth-order valence-electron chi connectivity index (χ4n) is 4.45. The summed E-state index contributed by atoms with van der Waals surface area (Å²) in [6, 6.07) is 0.666. The van der Waals surface area contributed by atoms with Gasteiger partial charge in [-0.25, -0.2) is 0 Å². The molecule has 3 heterocycles. The van der Waals surface area contributed by atoms with E-state index in [9.17, 15) is 0 Å². The Morgan fingerprint density at radius 2 is 1.78 bits per heavy atom. The number of hydrogen-bond donors (Lipinski definition) is 1. The molecular formula is C20H40IN5O. The van der Waals surface area contributed by atoms with Crippen LogP contribution < -0.4 is 5.32 Å². The van der Waals surface area contributed by atoms with Crippen molar-refractivity contribution in [1.82, 2.24) is 20.0 Å². The maximum absolute atomic E-state index is 5.48. The molecule has 0 spiro atoms. The van der Waals surface area contributed by atoms with E-state index in [1.165, 1.54) is 51.7 Å². The van der Waals surface area contributed by atoms with Crippen LogP contribution in [0.25, 0.3) is 0 Å². The molecule has 3 saturated heterocycles. The number of nitrogens with one attached hydrogen (secondary N) is 1. The minimum absolute atomic E-state index is 0. The normalized spacial score (nSPS) is 26.2. The highest BCUT2D eigenvalue weighted by molar-refractivity contribution is 14.0. The van der Waals surface area contributed by atoms with E-state index in [-0.39, 0.29) is 24.0 Å². The molecule has 0 aromatic rings. The Morgan fingerprint density at radius 3 is 2.48 bits per heavy atom. The summed E-state index contributed by atoms with van der Waals surface area (Å²) >= 11 is 0. The average Bonchev–Trinajstić information content (AvgIpc) is 3.17. The Labute approximate surface area is 183 Å². The van der Waals surface area contributed by atoms with Crippen LogP contribution in [-0.4, -0.2) is 99.3 Å². The molecule has 3 rings (SSSR count). The number of piperidine rings is 1. The van der Waals surface area contributed by atoms with Gasteiger partial charge in [-0.15, -0.1) is 24.0 Å². The zero-order valence-electron chi connectivity index (χ0n) is 17.4. The van der Waals surface area contributed by atoms with Gasteiger partial charge >= 0.3 is 0 Å². The lowest BCUT2D eigenvalue weighted by atomic mass is 9.99. The van der Waals surface area contributed by atoms with Crippen LogP contribution in [0.15, 0.2) is 4.99 Å². The Bertz CT molecular complexity index is 436. The zero-order valence-corrected chi connectivity index (χ0v) is 19.7. The third-order valence-corrected chi connectivity index (χ3v) is 6.30. The highest BCUT2D eigenvalue weighted by atomic mass is 127. The van der Waals surface area contributed by atoms with Gasteiger partial charge in [0.15, 0.2) is 5.96 Å². The number of ether oxygens (including phenoxy) is 1. The second-order valence-corrected chi connectivity index (χ2v) is 8.24. The van der Waals surface area contributed by atoms with E-state index in [0.29, 0.717) is 6.04 Å². The number of aliphatic imine (C=N–C) groups is 1. The zero-order chi connectivity index (χ0) is 18.2. The van der Waals surface area contributed by atoms with Gasteiger partial charge < -0.3 is 19.9 Å². The molecule has 0 saturated carbocycles. The van der Waals surface area contributed by atoms with Crippen LogP contribution >= 0.6 is 24.0 Å². The van der Waals surface area contributed by atoms with Crippen molar-refractivity contribution < 1.29 is 4.74 Å². The van der Waals surface area contributed by atoms with Gasteiger partial charge in [0.25, 0.3) is 0 Å². The van der Waals surface area contributed by atoms with Gasteiger partial charge in [0.1, 0.15) is 0 Å². The molecule has 0 amide bonds. The molecule has 3 aliphatic heterocycles. The molecule has 3 aliphatic rings.